The first-order valence-electron chi connectivity index (χ1n) is 7.54. The predicted molar refractivity (Wildman–Crippen MR) is 83.8 cm³/mol. The van der Waals surface area contributed by atoms with E-state index in [0.29, 0.717) is 0 Å². The highest BCUT2D eigenvalue weighted by atomic mass is 32.1. The summed E-state index contributed by atoms with van der Waals surface area (Å²) in [4.78, 5) is 4.46. The van der Waals surface area contributed by atoms with E-state index in [-0.39, 0.29) is 5.82 Å². The Morgan fingerprint density at radius 3 is 2.75 bits per heavy atom. The average molecular weight is 292 g/mol. The van der Waals surface area contributed by atoms with Crippen molar-refractivity contribution in [1.82, 2.24) is 4.98 Å². The SMILES string of the molecule is CCC1CCC(CNc2nc3cc(F)ccc3s2)CC1. The highest BCUT2D eigenvalue weighted by molar-refractivity contribution is 7.22. The van der Waals surface area contributed by atoms with Crippen molar-refractivity contribution in [3.63, 3.8) is 0 Å². The Labute approximate surface area is 123 Å². The van der Waals surface area contributed by atoms with Gasteiger partial charge in [-0.25, -0.2) is 9.37 Å². The van der Waals surface area contributed by atoms with Crippen LogP contribution in [0.1, 0.15) is 39.0 Å². The lowest BCUT2D eigenvalue weighted by Gasteiger charge is -2.27. The van der Waals surface area contributed by atoms with Crippen LogP contribution >= 0.6 is 11.3 Å². The van der Waals surface area contributed by atoms with Crippen LogP contribution in [-0.4, -0.2) is 11.5 Å². The zero-order valence-corrected chi connectivity index (χ0v) is 12.7. The summed E-state index contributed by atoms with van der Waals surface area (Å²) in [5.74, 6) is 1.49. The summed E-state index contributed by atoms with van der Waals surface area (Å²) in [7, 11) is 0. The number of benzene rings is 1. The van der Waals surface area contributed by atoms with Crippen molar-refractivity contribution in [2.45, 2.75) is 39.0 Å². The molecule has 1 aromatic heterocycles. The lowest BCUT2D eigenvalue weighted by atomic mass is 9.81. The maximum atomic E-state index is 13.1. The van der Waals surface area contributed by atoms with Gasteiger partial charge in [-0.1, -0.05) is 37.5 Å². The van der Waals surface area contributed by atoms with Crippen molar-refractivity contribution in [2.75, 3.05) is 11.9 Å². The van der Waals surface area contributed by atoms with Gasteiger partial charge in [0.1, 0.15) is 5.82 Å². The van der Waals surface area contributed by atoms with Crippen LogP contribution in [0.3, 0.4) is 0 Å². The molecule has 2 aromatic rings. The summed E-state index contributed by atoms with van der Waals surface area (Å²) in [6.45, 7) is 3.29. The molecule has 1 aliphatic rings. The van der Waals surface area contributed by atoms with Crippen LogP contribution < -0.4 is 5.32 Å². The molecule has 2 nitrogen and oxygen atoms in total. The van der Waals surface area contributed by atoms with E-state index < -0.39 is 0 Å². The number of nitrogens with zero attached hydrogens (tertiary/aromatic N) is 1. The summed E-state index contributed by atoms with van der Waals surface area (Å²) in [5, 5.41) is 4.36. The molecule has 0 radical (unpaired) electrons. The van der Waals surface area contributed by atoms with Crippen LogP contribution in [0.15, 0.2) is 18.2 Å². The minimum atomic E-state index is -0.216. The van der Waals surface area contributed by atoms with Gasteiger partial charge < -0.3 is 5.32 Å². The van der Waals surface area contributed by atoms with Gasteiger partial charge in [-0.05, 0) is 36.8 Å². The lowest BCUT2D eigenvalue weighted by molar-refractivity contribution is 0.278. The molecule has 1 aliphatic carbocycles. The molecule has 1 saturated carbocycles. The number of thiazole rings is 1. The fraction of sp³-hybridized carbons (Fsp3) is 0.562. The Balaban J connectivity index is 1.57. The number of rotatable bonds is 4. The molecule has 0 amide bonds. The second-order valence-electron chi connectivity index (χ2n) is 5.81. The number of nitrogens with one attached hydrogen (secondary N) is 1. The first-order chi connectivity index (χ1) is 9.74. The van der Waals surface area contributed by atoms with Gasteiger partial charge in [0.15, 0.2) is 5.13 Å². The van der Waals surface area contributed by atoms with Crippen molar-refractivity contribution in [2.24, 2.45) is 11.8 Å². The van der Waals surface area contributed by atoms with Gasteiger partial charge in [0.25, 0.3) is 0 Å². The van der Waals surface area contributed by atoms with E-state index in [9.17, 15) is 4.39 Å². The number of anilines is 1. The summed E-state index contributed by atoms with van der Waals surface area (Å²) >= 11 is 1.61. The standard InChI is InChI=1S/C16H21FN2S/c1-2-11-3-5-12(6-4-11)10-18-16-19-14-9-13(17)7-8-15(14)20-16/h7-9,11-12H,2-6,10H2,1H3,(H,18,19). The molecule has 0 atom stereocenters. The number of hydrogen-bond acceptors (Lipinski definition) is 3. The van der Waals surface area contributed by atoms with E-state index in [1.165, 1.54) is 44.2 Å². The van der Waals surface area contributed by atoms with Gasteiger partial charge in [0, 0.05) is 12.6 Å². The molecule has 0 saturated heterocycles. The van der Waals surface area contributed by atoms with E-state index in [1.54, 1.807) is 17.4 Å². The quantitative estimate of drug-likeness (QED) is 0.851. The molecule has 1 fully saturated rings. The summed E-state index contributed by atoms with van der Waals surface area (Å²) < 4.78 is 14.2. The van der Waals surface area contributed by atoms with E-state index in [0.717, 1.165) is 33.7 Å². The minimum absolute atomic E-state index is 0.216. The second-order valence-corrected chi connectivity index (χ2v) is 6.84. The first-order valence-corrected chi connectivity index (χ1v) is 8.36. The number of fused-ring (bicyclic) bond motifs is 1. The topological polar surface area (TPSA) is 24.9 Å². The molecule has 4 heteroatoms. The average Bonchev–Trinajstić information content (AvgIpc) is 2.87. The smallest absolute Gasteiger partial charge is 0.183 e. The summed E-state index contributed by atoms with van der Waals surface area (Å²) in [6, 6.07) is 4.81. The van der Waals surface area contributed by atoms with Crippen LogP contribution in [0.4, 0.5) is 9.52 Å². The Kier molecular flexibility index (Phi) is 4.20. The van der Waals surface area contributed by atoms with Crippen LogP contribution in [0, 0.1) is 17.7 Å². The Morgan fingerprint density at radius 1 is 1.25 bits per heavy atom. The minimum Gasteiger partial charge on any atom is -0.361 e. The fourth-order valence-electron chi connectivity index (χ4n) is 3.05. The zero-order chi connectivity index (χ0) is 13.9. The van der Waals surface area contributed by atoms with Gasteiger partial charge in [0.2, 0.25) is 0 Å². The van der Waals surface area contributed by atoms with Crippen LogP contribution in [-0.2, 0) is 0 Å². The van der Waals surface area contributed by atoms with E-state index >= 15 is 0 Å². The Bertz CT molecular complexity index is 573. The lowest BCUT2D eigenvalue weighted by Crippen LogP contribution is -2.20. The fourth-order valence-corrected chi connectivity index (χ4v) is 3.90. The molecule has 1 heterocycles. The van der Waals surface area contributed by atoms with E-state index in [1.807, 2.05) is 0 Å². The van der Waals surface area contributed by atoms with Crippen molar-refractivity contribution in [1.29, 1.82) is 0 Å². The monoisotopic (exact) mass is 292 g/mol. The normalized spacial score (nSPS) is 23.1. The van der Waals surface area contributed by atoms with Gasteiger partial charge in [-0.3, -0.25) is 0 Å². The highest BCUT2D eigenvalue weighted by Crippen LogP contribution is 2.32. The number of aromatic nitrogens is 1. The van der Waals surface area contributed by atoms with E-state index in [4.69, 9.17) is 0 Å². The maximum Gasteiger partial charge on any atom is 0.183 e. The molecule has 1 aromatic carbocycles. The summed E-state index contributed by atoms with van der Waals surface area (Å²) in [5.41, 5.74) is 0.757. The molecule has 0 spiro atoms. The van der Waals surface area contributed by atoms with Crippen LogP contribution in [0.5, 0.6) is 0 Å². The molecule has 20 heavy (non-hydrogen) atoms. The third-order valence-electron chi connectivity index (χ3n) is 4.44. The van der Waals surface area contributed by atoms with Crippen LogP contribution in [0.2, 0.25) is 0 Å². The first kappa shape index (κ1) is 13.8. The maximum absolute atomic E-state index is 13.1. The molecule has 0 bridgehead atoms. The van der Waals surface area contributed by atoms with Crippen LogP contribution in [0.25, 0.3) is 10.2 Å². The number of hydrogen-bond donors (Lipinski definition) is 1. The molecular formula is C16H21FN2S. The third-order valence-corrected chi connectivity index (χ3v) is 5.43. The predicted octanol–water partition coefficient (Wildman–Crippen LogP) is 5.06. The van der Waals surface area contributed by atoms with Gasteiger partial charge in [-0.15, -0.1) is 0 Å². The molecule has 3 rings (SSSR count). The van der Waals surface area contributed by atoms with Crippen molar-refractivity contribution in [3.05, 3.63) is 24.0 Å². The van der Waals surface area contributed by atoms with Crippen molar-refractivity contribution < 1.29 is 4.39 Å². The largest absolute Gasteiger partial charge is 0.361 e. The highest BCUT2D eigenvalue weighted by Gasteiger charge is 2.19. The third kappa shape index (κ3) is 3.11. The Hall–Kier alpha value is -1.16. The van der Waals surface area contributed by atoms with Gasteiger partial charge in [0.05, 0.1) is 10.2 Å². The van der Waals surface area contributed by atoms with Gasteiger partial charge >= 0.3 is 0 Å². The zero-order valence-electron chi connectivity index (χ0n) is 11.9. The van der Waals surface area contributed by atoms with Gasteiger partial charge in [-0.2, -0.15) is 0 Å². The van der Waals surface area contributed by atoms with Crippen molar-refractivity contribution in [3.8, 4) is 0 Å². The Morgan fingerprint density at radius 2 is 2.00 bits per heavy atom. The second kappa shape index (κ2) is 6.08. The molecule has 0 aliphatic heterocycles. The molecule has 0 unspecified atom stereocenters. The molecular weight excluding hydrogens is 271 g/mol. The molecule has 1 N–H and O–H groups in total. The molecule has 108 valence electrons. The van der Waals surface area contributed by atoms with Crippen molar-refractivity contribution >= 4 is 26.7 Å². The summed E-state index contributed by atoms with van der Waals surface area (Å²) in [6.07, 6.45) is 6.71. The van der Waals surface area contributed by atoms with E-state index in [2.05, 4.69) is 17.2 Å². The number of halogens is 1.